The van der Waals surface area contributed by atoms with E-state index in [1.165, 1.54) is 0 Å². The van der Waals surface area contributed by atoms with E-state index in [2.05, 4.69) is 10.6 Å². The van der Waals surface area contributed by atoms with E-state index in [1.54, 1.807) is 0 Å². The molecule has 1 fully saturated rings. The highest BCUT2D eigenvalue weighted by Gasteiger charge is 2.20. The maximum absolute atomic E-state index is 12.0. The minimum atomic E-state index is -0.564. The van der Waals surface area contributed by atoms with Crippen LogP contribution in [0.3, 0.4) is 0 Å². The van der Waals surface area contributed by atoms with Crippen molar-refractivity contribution < 1.29 is 4.79 Å². The Balaban J connectivity index is 1.91. The van der Waals surface area contributed by atoms with Crippen LogP contribution in [0.25, 0.3) is 0 Å². The molecule has 1 aliphatic rings. The Kier molecular flexibility index (Phi) is 4.12. The van der Waals surface area contributed by atoms with Crippen molar-refractivity contribution in [2.45, 2.75) is 24.9 Å². The fourth-order valence-electron chi connectivity index (χ4n) is 2.07. The van der Waals surface area contributed by atoms with Gasteiger partial charge in [0.2, 0.25) is 5.91 Å². The quantitative estimate of drug-likeness (QED) is 0.714. The van der Waals surface area contributed by atoms with Gasteiger partial charge >= 0.3 is 0 Å². The lowest BCUT2D eigenvalue weighted by molar-refractivity contribution is -0.123. The van der Waals surface area contributed by atoms with Crippen molar-refractivity contribution in [3.63, 3.8) is 0 Å². The molecule has 4 heteroatoms. The largest absolute Gasteiger partial charge is 0.352 e. The van der Waals surface area contributed by atoms with Crippen LogP contribution in [0.1, 0.15) is 24.4 Å². The number of rotatable bonds is 3. The molecule has 4 N–H and O–H groups in total. The molecule has 1 aromatic rings. The summed E-state index contributed by atoms with van der Waals surface area (Å²) in [5.41, 5.74) is 6.79. The summed E-state index contributed by atoms with van der Waals surface area (Å²) in [7, 11) is 0. The average molecular weight is 233 g/mol. The van der Waals surface area contributed by atoms with E-state index in [0.717, 1.165) is 31.5 Å². The van der Waals surface area contributed by atoms with Crippen LogP contribution in [0.5, 0.6) is 0 Å². The van der Waals surface area contributed by atoms with Crippen LogP contribution in [-0.2, 0) is 4.79 Å². The highest BCUT2D eigenvalue weighted by Crippen LogP contribution is 2.11. The van der Waals surface area contributed by atoms with Gasteiger partial charge in [-0.1, -0.05) is 30.3 Å². The number of nitrogens with two attached hydrogens (primary N) is 1. The fourth-order valence-corrected chi connectivity index (χ4v) is 2.07. The average Bonchev–Trinajstić information content (AvgIpc) is 2.40. The summed E-state index contributed by atoms with van der Waals surface area (Å²) in [6.07, 6.45) is 1.96. The molecule has 0 aliphatic carbocycles. The molecule has 0 aromatic heterocycles. The zero-order chi connectivity index (χ0) is 12.1. The minimum Gasteiger partial charge on any atom is -0.352 e. The lowest BCUT2D eigenvalue weighted by Crippen LogP contribution is -2.45. The van der Waals surface area contributed by atoms with Gasteiger partial charge in [0.15, 0.2) is 0 Å². The fraction of sp³-hybridized carbons (Fsp3) is 0.462. The van der Waals surface area contributed by atoms with E-state index in [9.17, 15) is 4.79 Å². The molecule has 0 bridgehead atoms. The van der Waals surface area contributed by atoms with Gasteiger partial charge in [-0.2, -0.15) is 0 Å². The predicted octanol–water partition coefficient (Wildman–Crippen LogP) is 0.555. The maximum Gasteiger partial charge on any atom is 0.241 e. The van der Waals surface area contributed by atoms with Gasteiger partial charge in [-0.25, -0.2) is 0 Å². The van der Waals surface area contributed by atoms with Gasteiger partial charge in [0.1, 0.15) is 6.04 Å². The van der Waals surface area contributed by atoms with Crippen molar-refractivity contribution in [2.24, 2.45) is 5.73 Å². The smallest absolute Gasteiger partial charge is 0.241 e. The summed E-state index contributed by atoms with van der Waals surface area (Å²) in [4.78, 5) is 12.0. The molecule has 4 nitrogen and oxygen atoms in total. The normalized spacial score (nSPS) is 18.6. The predicted molar refractivity (Wildman–Crippen MR) is 67.4 cm³/mol. The lowest BCUT2D eigenvalue weighted by atomic mass is 10.0. The molecule has 0 radical (unpaired) electrons. The number of hydrogen-bond donors (Lipinski definition) is 3. The maximum atomic E-state index is 12.0. The molecule has 1 saturated heterocycles. The molecule has 1 aromatic carbocycles. The molecular weight excluding hydrogens is 214 g/mol. The standard InChI is InChI=1S/C13H19N3O/c14-12(10-4-2-1-3-5-10)13(17)16-11-6-8-15-9-7-11/h1-5,11-12,15H,6-9,14H2,(H,16,17). The second-order valence-electron chi connectivity index (χ2n) is 4.42. The van der Waals surface area contributed by atoms with Gasteiger partial charge in [-0.3, -0.25) is 4.79 Å². The molecule has 1 unspecified atom stereocenters. The molecule has 1 amide bonds. The number of carbonyl (C=O) groups is 1. The van der Waals surface area contributed by atoms with Crippen LogP contribution in [0.15, 0.2) is 30.3 Å². The van der Waals surface area contributed by atoms with Crippen LogP contribution in [0.4, 0.5) is 0 Å². The molecule has 1 heterocycles. The number of nitrogens with one attached hydrogen (secondary N) is 2. The Morgan fingerprint density at radius 2 is 1.94 bits per heavy atom. The molecule has 2 rings (SSSR count). The Bertz CT molecular complexity index is 360. The van der Waals surface area contributed by atoms with E-state index in [1.807, 2.05) is 30.3 Å². The van der Waals surface area contributed by atoms with E-state index in [0.29, 0.717) is 0 Å². The molecule has 17 heavy (non-hydrogen) atoms. The van der Waals surface area contributed by atoms with Gasteiger partial charge in [0.05, 0.1) is 0 Å². The molecule has 0 spiro atoms. The monoisotopic (exact) mass is 233 g/mol. The van der Waals surface area contributed by atoms with Gasteiger partial charge in [-0.05, 0) is 31.5 Å². The summed E-state index contributed by atoms with van der Waals surface area (Å²) >= 11 is 0. The molecule has 92 valence electrons. The SMILES string of the molecule is NC(C(=O)NC1CCNCC1)c1ccccc1. The van der Waals surface area contributed by atoms with E-state index in [4.69, 9.17) is 5.73 Å². The summed E-state index contributed by atoms with van der Waals surface area (Å²) < 4.78 is 0. The summed E-state index contributed by atoms with van der Waals surface area (Å²) in [5, 5.41) is 6.28. The Labute approximate surface area is 102 Å². The van der Waals surface area contributed by atoms with Crippen molar-refractivity contribution in [1.29, 1.82) is 0 Å². The van der Waals surface area contributed by atoms with E-state index in [-0.39, 0.29) is 11.9 Å². The zero-order valence-electron chi connectivity index (χ0n) is 9.86. The number of carbonyl (C=O) groups excluding carboxylic acids is 1. The first kappa shape index (κ1) is 12.1. The van der Waals surface area contributed by atoms with Crippen LogP contribution in [0, 0.1) is 0 Å². The topological polar surface area (TPSA) is 67.2 Å². The van der Waals surface area contributed by atoms with Gasteiger partial charge < -0.3 is 16.4 Å². The Morgan fingerprint density at radius 3 is 2.59 bits per heavy atom. The van der Waals surface area contributed by atoms with Crippen molar-refractivity contribution >= 4 is 5.91 Å². The summed E-state index contributed by atoms with van der Waals surface area (Å²) in [6.45, 7) is 1.93. The molecule has 0 saturated carbocycles. The third-order valence-corrected chi connectivity index (χ3v) is 3.13. The highest BCUT2D eigenvalue weighted by atomic mass is 16.2. The summed E-state index contributed by atoms with van der Waals surface area (Å²) in [5.74, 6) is -0.0805. The summed E-state index contributed by atoms with van der Waals surface area (Å²) in [6, 6.07) is 9.17. The lowest BCUT2D eigenvalue weighted by Gasteiger charge is -2.25. The second kappa shape index (κ2) is 5.80. The molecular formula is C13H19N3O. The molecule has 1 aliphatic heterocycles. The van der Waals surface area contributed by atoms with Crippen molar-refractivity contribution in [3.05, 3.63) is 35.9 Å². The molecule has 1 atom stereocenters. The third-order valence-electron chi connectivity index (χ3n) is 3.13. The van der Waals surface area contributed by atoms with Crippen LogP contribution in [-0.4, -0.2) is 25.0 Å². The van der Waals surface area contributed by atoms with Gasteiger partial charge in [0.25, 0.3) is 0 Å². The Morgan fingerprint density at radius 1 is 1.29 bits per heavy atom. The van der Waals surface area contributed by atoms with E-state index >= 15 is 0 Å². The minimum absolute atomic E-state index is 0.0805. The van der Waals surface area contributed by atoms with Crippen molar-refractivity contribution in [2.75, 3.05) is 13.1 Å². The van der Waals surface area contributed by atoms with E-state index < -0.39 is 6.04 Å². The van der Waals surface area contributed by atoms with Crippen molar-refractivity contribution in [1.82, 2.24) is 10.6 Å². The van der Waals surface area contributed by atoms with Crippen LogP contribution >= 0.6 is 0 Å². The second-order valence-corrected chi connectivity index (χ2v) is 4.42. The zero-order valence-corrected chi connectivity index (χ0v) is 9.86. The van der Waals surface area contributed by atoms with Crippen LogP contribution in [0.2, 0.25) is 0 Å². The number of amides is 1. The third kappa shape index (κ3) is 3.28. The number of benzene rings is 1. The van der Waals surface area contributed by atoms with Gasteiger partial charge in [-0.15, -0.1) is 0 Å². The number of piperidine rings is 1. The first-order valence-electron chi connectivity index (χ1n) is 6.09. The van der Waals surface area contributed by atoms with Crippen molar-refractivity contribution in [3.8, 4) is 0 Å². The van der Waals surface area contributed by atoms with Crippen LogP contribution < -0.4 is 16.4 Å². The highest BCUT2D eigenvalue weighted by molar-refractivity contribution is 5.83. The number of hydrogen-bond acceptors (Lipinski definition) is 3. The first-order chi connectivity index (χ1) is 8.27. The first-order valence-corrected chi connectivity index (χ1v) is 6.09. The Hall–Kier alpha value is -1.39. The van der Waals surface area contributed by atoms with Gasteiger partial charge in [0, 0.05) is 6.04 Å².